The Labute approximate surface area is 104 Å². The number of benzene rings is 1. The maximum absolute atomic E-state index is 10.6. The molecule has 0 amide bonds. The number of hydrogen-bond donors (Lipinski definition) is 2. The normalized spacial score (nSPS) is 12.6. The van der Waals surface area contributed by atoms with E-state index in [1.54, 1.807) is 12.1 Å². The highest BCUT2D eigenvalue weighted by Crippen LogP contribution is 2.24. The number of rotatable bonds is 4. The van der Waals surface area contributed by atoms with Gasteiger partial charge in [0.25, 0.3) is 0 Å². The van der Waals surface area contributed by atoms with E-state index in [0.717, 1.165) is 11.8 Å². The molecule has 1 aromatic rings. The molecule has 17 heavy (non-hydrogen) atoms. The summed E-state index contributed by atoms with van der Waals surface area (Å²) < 4.78 is 0. The molecule has 0 saturated carbocycles. The van der Waals surface area contributed by atoms with Crippen LogP contribution in [0.5, 0.6) is 0 Å². The zero-order chi connectivity index (χ0) is 12.8. The van der Waals surface area contributed by atoms with Crippen LogP contribution in [0.15, 0.2) is 35.0 Å². The molecule has 90 valence electrons. The lowest BCUT2D eigenvalue weighted by Crippen LogP contribution is -2.00. The average Bonchev–Trinajstić information content (AvgIpc) is 2.28. The highest BCUT2D eigenvalue weighted by molar-refractivity contribution is 6.50. The third-order valence-corrected chi connectivity index (χ3v) is 2.60. The highest BCUT2D eigenvalue weighted by Gasteiger charge is 2.09. The Kier molecular flexibility index (Phi) is 4.72. The Balaban J connectivity index is 3.13. The molecule has 0 aliphatic heterocycles. The molecule has 5 heteroatoms. The number of oxime groups is 1. The monoisotopic (exact) mass is 253 g/mol. The minimum Gasteiger partial charge on any atom is -0.481 e. The van der Waals surface area contributed by atoms with Crippen molar-refractivity contribution in [3.63, 3.8) is 0 Å². The molecule has 0 saturated heterocycles. The van der Waals surface area contributed by atoms with Gasteiger partial charge in [-0.2, -0.15) is 0 Å². The van der Waals surface area contributed by atoms with E-state index in [4.69, 9.17) is 21.9 Å². The van der Waals surface area contributed by atoms with E-state index in [2.05, 4.69) is 5.16 Å². The summed E-state index contributed by atoms with van der Waals surface area (Å²) in [5.41, 5.74) is 2.02. The van der Waals surface area contributed by atoms with Gasteiger partial charge in [-0.05, 0) is 12.5 Å². The Hall–Kier alpha value is -1.81. The van der Waals surface area contributed by atoms with Crippen LogP contribution in [0.2, 0.25) is 0 Å². The number of halogens is 1. The minimum absolute atomic E-state index is 0.255. The topological polar surface area (TPSA) is 69.9 Å². The lowest BCUT2D eigenvalue weighted by atomic mass is 10.1. The number of nitrogens with zero attached hydrogens (tertiary/aromatic N) is 1. The first kappa shape index (κ1) is 13.3. The van der Waals surface area contributed by atoms with Crippen LogP contribution in [0.3, 0.4) is 0 Å². The molecule has 0 aromatic heterocycles. The van der Waals surface area contributed by atoms with Gasteiger partial charge >= 0.3 is 5.97 Å². The summed E-state index contributed by atoms with van der Waals surface area (Å²) in [7, 11) is 0. The molecule has 0 aliphatic carbocycles. The van der Waals surface area contributed by atoms with Gasteiger partial charge in [0.05, 0.1) is 17.7 Å². The average molecular weight is 254 g/mol. The lowest BCUT2D eigenvalue weighted by Gasteiger charge is -2.04. The van der Waals surface area contributed by atoms with Gasteiger partial charge in [-0.1, -0.05) is 46.6 Å². The van der Waals surface area contributed by atoms with Gasteiger partial charge in [-0.15, -0.1) is 0 Å². The van der Waals surface area contributed by atoms with Crippen molar-refractivity contribution < 1.29 is 15.1 Å². The van der Waals surface area contributed by atoms with Crippen LogP contribution in [-0.4, -0.2) is 22.5 Å². The Morgan fingerprint density at radius 2 is 2.00 bits per heavy atom. The van der Waals surface area contributed by atoms with Crippen molar-refractivity contribution in [3.8, 4) is 0 Å². The van der Waals surface area contributed by atoms with Gasteiger partial charge < -0.3 is 10.3 Å². The molecule has 0 heterocycles. The number of carbonyl (C=O) groups is 1. The van der Waals surface area contributed by atoms with Crippen LogP contribution in [0.4, 0.5) is 0 Å². The number of hydrogen-bond acceptors (Lipinski definition) is 3. The number of carboxylic acid groups (broad SMARTS) is 1. The second-order valence-corrected chi connectivity index (χ2v) is 3.90. The summed E-state index contributed by atoms with van der Waals surface area (Å²) in [6, 6.07) is 7.30. The van der Waals surface area contributed by atoms with Crippen molar-refractivity contribution in [1.82, 2.24) is 0 Å². The van der Waals surface area contributed by atoms with E-state index in [0.29, 0.717) is 5.56 Å². The van der Waals surface area contributed by atoms with Crippen LogP contribution in [0, 0.1) is 6.92 Å². The Bertz CT molecular complexity index is 463. The van der Waals surface area contributed by atoms with E-state index in [-0.39, 0.29) is 17.0 Å². The maximum Gasteiger partial charge on any atom is 0.307 e. The van der Waals surface area contributed by atoms with Crippen molar-refractivity contribution in [2.75, 3.05) is 0 Å². The van der Waals surface area contributed by atoms with E-state index in [1.165, 1.54) is 0 Å². The van der Waals surface area contributed by atoms with Crippen LogP contribution in [-0.2, 0) is 4.79 Å². The summed E-state index contributed by atoms with van der Waals surface area (Å²) in [5, 5.41) is 20.3. The van der Waals surface area contributed by atoms with Gasteiger partial charge in [-0.25, -0.2) is 0 Å². The fourth-order valence-electron chi connectivity index (χ4n) is 1.30. The Morgan fingerprint density at radius 1 is 1.41 bits per heavy atom. The third kappa shape index (κ3) is 3.92. The molecule has 2 N–H and O–H groups in total. The lowest BCUT2D eigenvalue weighted by molar-refractivity contribution is -0.136. The minimum atomic E-state index is -1.04. The molecule has 0 radical (unpaired) electrons. The molecule has 0 aliphatic rings. The molecular weight excluding hydrogens is 242 g/mol. The number of aliphatic carboxylic acids is 1. The molecule has 0 spiro atoms. The molecule has 1 rings (SSSR count). The SMILES string of the molecule is Cc1ccc(/C(Cl)=C(/C=NO)CC(=O)O)cc1. The molecular formula is C12H12ClNO3. The van der Waals surface area contributed by atoms with Crippen LogP contribution in [0.25, 0.3) is 5.03 Å². The summed E-state index contributed by atoms with van der Waals surface area (Å²) in [4.78, 5) is 10.6. The first-order valence-electron chi connectivity index (χ1n) is 4.89. The van der Waals surface area contributed by atoms with E-state index in [1.807, 2.05) is 19.1 Å². The molecule has 0 unspecified atom stereocenters. The van der Waals surface area contributed by atoms with Gasteiger partial charge in [0, 0.05) is 5.57 Å². The Morgan fingerprint density at radius 3 is 2.47 bits per heavy atom. The standard InChI is InChI=1S/C12H12ClNO3/c1-8-2-4-9(5-3-8)12(13)10(7-14-17)6-11(15)16/h2-5,7,17H,6H2,1H3,(H,15,16)/b12-10-,14-7?. The van der Waals surface area contributed by atoms with Crippen LogP contribution >= 0.6 is 11.6 Å². The zero-order valence-corrected chi connectivity index (χ0v) is 9.98. The first-order chi connectivity index (χ1) is 8.04. The van der Waals surface area contributed by atoms with Gasteiger partial charge in [0.2, 0.25) is 0 Å². The second kappa shape index (κ2) is 6.06. The van der Waals surface area contributed by atoms with E-state index >= 15 is 0 Å². The van der Waals surface area contributed by atoms with Gasteiger partial charge in [0.1, 0.15) is 0 Å². The van der Waals surface area contributed by atoms with Crippen molar-refractivity contribution in [3.05, 3.63) is 41.0 Å². The molecule has 1 aromatic carbocycles. The smallest absolute Gasteiger partial charge is 0.307 e. The summed E-state index contributed by atoms with van der Waals surface area (Å²) in [6.07, 6.45) is 0.743. The quantitative estimate of drug-likeness (QED) is 0.492. The largest absolute Gasteiger partial charge is 0.481 e. The predicted molar refractivity (Wildman–Crippen MR) is 66.5 cm³/mol. The van der Waals surface area contributed by atoms with E-state index < -0.39 is 5.97 Å². The fourth-order valence-corrected chi connectivity index (χ4v) is 1.54. The van der Waals surface area contributed by atoms with Gasteiger partial charge in [-0.3, -0.25) is 4.79 Å². The predicted octanol–water partition coefficient (Wildman–Crippen LogP) is 2.88. The van der Waals surface area contributed by atoms with Crippen LogP contribution < -0.4 is 0 Å². The number of aryl methyl sites for hydroxylation is 1. The molecule has 0 bridgehead atoms. The second-order valence-electron chi connectivity index (χ2n) is 3.52. The molecule has 0 atom stereocenters. The summed E-state index contributed by atoms with van der Waals surface area (Å²) >= 11 is 6.06. The van der Waals surface area contributed by atoms with E-state index in [9.17, 15) is 4.79 Å². The van der Waals surface area contributed by atoms with Crippen molar-refractivity contribution in [2.45, 2.75) is 13.3 Å². The summed E-state index contributed by atoms with van der Waals surface area (Å²) in [6.45, 7) is 1.94. The van der Waals surface area contributed by atoms with Crippen LogP contribution in [0.1, 0.15) is 17.5 Å². The maximum atomic E-state index is 10.6. The summed E-state index contributed by atoms with van der Waals surface area (Å²) in [5.74, 6) is -1.04. The molecule has 0 fully saturated rings. The third-order valence-electron chi connectivity index (χ3n) is 2.14. The molecule has 4 nitrogen and oxygen atoms in total. The van der Waals surface area contributed by atoms with Crippen molar-refractivity contribution in [1.29, 1.82) is 0 Å². The highest BCUT2D eigenvalue weighted by atomic mass is 35.5. The zero-order valence-electron chi connectivity index (χ0n) is 9.22. The van der Waals surface area contributed by atoms with Gasteiger partial charge in [0.15, 0.2) is 0 Å². The van der Waals surface area contributed by atoms with Crippen molar-refractivity contribution >= 4 is 28.8 Å². The number of carboxylic acids is 1. The van der Waals surface area contributed by atoms with Crippen molar-refractivity contribution in [2.24, 2.45) is 5.16 Å². The first-order valence-corrected chi connectivity index (χ1v) is 5.27. The fraction of sp³-hybridized carbons (Fsp3) is 0.167.